The summed E-state index contributed by atoms with van der Waals surface area (Å²) < 4.78 is 13.7. The van der Waals surface area contributed by atoms with Crippen molar-refractivity contribution in [2.45, 2.75) is 45.6 Å². The van der Waals surface area contributed by atoms with Gasteiger partial charge < -0.3 is 5.32 Å². The predicted molar refractivity (Wildman–Crippen MR) is 74.1 cm³/mol. The minimum Gasteiger partial charge on any atom is -0.312 e. The minimum absolute atomic E-state index is 0.0566. The highest BCUT2D eigenvalue weighted by Gasteiger charge is 2.32. The van der Waals surface area contributed by atoms with Gasteiger partial charge in [0, 0.05) is 5.54 Å². The third-order valence-corrected chi connectivity index (χ3v) is 3.62. The normalized spacial score (nSPS) is 17.8. The van der Waals surface area contributed by atoms with E-state index in [2.05, 4.69) is 26.1 Å². The summed E-state index contributed by atoms with van der Waals surface area (Å²) in [5, 5.41) is 3.56. The lowest BCUT2D eigenvalue weighted by Gasteiger charge is -2.25. The zero-order valence-electron chi connectivity index (χ0n) is 11.7. The van der Waals surface area contributed by atoms with Crippen molar-refractivity contribution in [3.63, 3.8) is 0 Å². The first-order valence-electron chi connectivity index (χ1n) is 6.94. The molecule has 0 saturated heterocycles. The molecule has 0 aliphatic heterocycles. The molecule has 0 aromatic heterocycles. The van der Waals surface area contributed by atoms with E-state index in [4.69, 9.17) is 0 Å². The molecule has 1 saturated carbocycles. The van der Waals surface area contributed by atoms with E-state index in [0.29, 0.717) is 5.92 Å². The van der Waals surface area contributed by atoms with Crippen LogP contribution in [0, 0.1) is 17.7 Å². The molecular weight excluding hydrogens is 225 g/mol. The van der Waals surface area contributed by atoms with Gasteiger partial charge in [0.05, 0.1) is 0 Å². The summed E-state index contributed by atoms with van der Waals surface area (Å²) in [7, 11) is 0. The van der Waals surface area contributed by atoms with Gasteiger partial charge in [0.2, 0.25) is 0 Å². The van der Waals surface area contributed by atoms with Crippen molar-refractivity contribution >= 4 is 0 Å². The fourth-order valence-corrected chi connectivity index (χ4v) is 2.36. The Bertz CT molecular complexity index is 390. The van der Waals surface area contributed by atoms with Gasteiger partial charge in [0.15, 0.2) is 0 Å². The Morgan fingerprint density at radius 1 is 1.28 bits per heavy atom. The van der Waals surface area contributed by atoms with Crippen molar-refractivity contribution in [2.24, 2.45) is 11.8 Å². The van der Waals surface area contributed by atoms with Crippen LogP contribution in [-0.4, -0.2) is 12.1 Å². The van der Waals surface area contributed by atoms with Gasteiger partial charge in [0.1, 0.15) is 5.82 Å². The summed E-state index contributed by atoms with van der Waals surface area (Å²) >= 11 is 0. The zero-order chi connectivity index (χ0) is 13.2. The van der Waals surface area contributed by atoms with Crippen LogP contribution in [-0.2, 0) is 6.42 Å². The molecule has 1 aromatic carbocycles. The molecule has 1 aliphatic carbocycles. The summed E-state index contributed by atoms with van der Waals surface area (Å²) in [5.41, 5.74) is 1.01. The van der Waals surface area contributed by atoms with Gasteiger partial charge in [-0.15, -0.1) is 0 Å². The van der Waals surface area contributed by atoms with Crippen LogP contribution in [0.1, 0.15) is 39.2 Å². The lowest BCUT2D eigenvalue weighted by atomic mass is 9.93. The molecule has 1 nitrogen and oxygen atoms in total. The molecule has 2 heteroatoms. The van der Waals surface area contributed by atoms with Gasteiger partial charge in [0.25, 0.3) is 0 Å². The topological polar surface area (TPSA) is 12.0 Å². The van der Waals surface area contributed by atoms with Crippen molar-refractivity contribution < 1.29 is 4.39 Å². The first kappa shape index (κ1) is 13.5. The summed E-state index contributed by atoms with van der Waals surface area (Å²) in [4.78, 5) is 0. The summed E-state index contributed by atoms with van der Waals surface area (Å²) in [6.07, 6.45) is 3.48. The smallest absolute Gasteiger partial charge is 0.126 e. The second-order valence-electron chi connectivity index (χ2n) is 6.52. The molecule has 1 aromatic rings. The first-order valence-corrected chi connectivity index (χ1v) is 6.94. The fourth-order valence-electron chi connectivity index (χ4n) is 2.36. The monoisotopic (exact) mass is 249 g/mol. The Labute approximate surface area is 110 Å². The number of benzene rings is 1. The molecule has 1 N–H and O–H groups in total. The van der Waals surface area contributed by atoms with E-state index in [1.807, 2.05) is 12.1 Å². The van der Waals surface area contributed by atoms with Gasteiger partial charge in [-0.3, -0.25) is 0 Å². The molecule has 0 radical (unpaired) electrons. The van der Waals surface area contributed by atoms with Crippen molar-refractivity contribution in [1.82, 2.24) is 5.32 Å². The summed E-state index contributed by atoms with van der Waals surface area (Å²) in [5.74, 6) is 1.31. The van der Waals surface area contributed by atoms with Crippen LogP contribution in [0.5, 0.6) is 0 Å². The van der Waals surface area contributed by atoms with E-state index in [0.717, 1.165) is 24.4 Å². The maximum absolute atomic E-state index is 13.7. The Hall–Kier alpha value is -0.890. The van der Waals surface area contributed by atoms with Gasteiger partial charge in [-0.05, 0) is 70.0 Å². The first-order chi connectivity index (χ1) is 8.46. The molecule has 1 aliphatic rings. The quantitative estimate of drug-likeness (QED) is 0.837. The Morgan fingerprint density at radius 2 is 1.94 bits per heavy atom. The molecule has 0 bridgehead atoms. The highest BCUT2D eigenvalue weighted by Crippen LogP contribution is 2.38. The van der Waals surface area contributed by atoms with Gasteiger partial charge >= 0.3 is 0 Å². The summed E-state index contributed by atoms with van der Waals surface area (Å²) in [6.45, 7) is 7.53. The molecule has 1 atom stereocenters. The number of hydrogen-bond acceptors (Lipinski definition) is 1. The maximum Gasteiger partial charge on any atom is 0.126 e. The van der Waals surface area contributed by atoms with Crippen LogP contribution < -0.4 is 5.32 Å². The SMILES string of the molecule is CC(C)(C)NCC(Cc1ccccc1F)C1CC1. The average Bonchev–Trinajstić information content (AvgIpc) is 3.09. The Kier molecular flexibility index (Phi) is 4.06. The minimum atomic E-state index is -0.0566. The molecule has 0 amide bonds. The second kappa shape index (κ2) is 5.40. The van der Waals surface area contributed by atoms with Crippen molar-refractivity contribution in [3.8, 4) is 0 Å². The summed E-state index contributed by atoms with van der Waals surface area (Å²) in [6, 6.07) is 7.18. The van der Waals surface area contributed by atoms with Crippen LogP contribution in [0.15, 0.2) is 24.3 Å². The Morgan fingerprint density at radius 3 is 2.50 bits per heavy atom. The maximum atomic E-state index is 13.7. The van der Waals surface area contributed by atoms with Gasteiger partial charge in [-0.25, -0.2) is 4.39 Å². The Balaban J connectivity index is 1.96. The molecule has 0 spiro atoms. The van der Waals surface area contributed by atoms with Crippen LogP contribution in [0.25, 0.3) is 0 Å². The van der Waals surface area contributed by atoms with E-state index in [-0.39, 0.29) is 11.4 Å². The number of hydrogen-bond donors (Lipinski definition) is 1. The fraction of sp³-hybridized carbons (Fsp3) is 0.625. The molecular formula is C16H24FN. The van der Waals surface area contributed by atoms with E-state index < -0.39 is 0 Å². The molecule has 18 heavy (non-hydrogen) atoms. The van der Waals surface area contributed by atoms with Crippen molar-refractivity contribution in [2.75, 3.05) is 6.54 Å². The zero-order valence-corrected chi connectivity index (χ0v) is 11.7. The molecule has 2 rings (SSSR count). The van der Waals surface area contributed by atoms with E-state index in [9.17, 15) is 4.39 Å². The molecule has 1 unspecified atom stereocenters. The van der Waals surface area contributed by atoms with Crippen LogP contribution in [0.3, 0.4) is 0 Å². The van der Waals surface area contributed by atoms with E-state index >= 15 is 0 Å². The van der Waals surface area contributed by atoms with Crippen molar-refractivity contribution in [3.05, 3.63) is 35.6 Å². The number of nitrogens with one attached hydrogen (secondary N) is 1. The standard InChI is InChI=1S/C16H24FN/c1-16(2,3)18-11-14(12-8-9-12)10-13-6-4-5-7-15(13)17/h4-7,12,14,18H,8-11H2,1-3H3. The largest absolute Gasteiger partial charge is 0.312 e. The van der Waals surface area contributed by atoms with Crippen LogP contribution in [0.4, 0.5) is 4.39 Å². The second-order valence-corrected chi connectivity index (χ2v) is 6.52. The van der Waals surface area contributed by atoms with Crippen LogP contribution >= 0.6 is 0 Å². The molecule has 100 valence electrons. The highest BCUT2D eigenvalue weighted by molar-refractivity contribution is 5.18. The molecule has 0 heterocycles. The van der Waals surface area contributed by atoms with Crippen LogP contribution in [0.2, 0.25) is 0 Å². The van der Waals surface area contributed by atoms with E-state index in [1.54, 1.807) is 12.1 Å². The van der Waals surface area contributed by atoms with Gasteiger partial charge in [-0.2, -0.15) is 0 Å². The average molecular weight is 249 g/mol. The highest BCUT2D eigenvalue weighted by atomic mass is 19.1. The lowest BCUT2D eigenvalue weighted by molar-refractivity contribution is 0.344. The predicted octanol–water partition coefficient (Wildman–Crippen LogP) is 3.78. The van der Waals surface area contributed by atoms with E-state index in [1.165, 1.54) is 12.8 Å². The number of halogens is 1. The van der Waals surface area contributed by atoms with Crippen molar-refractivity contribution in [1.29, 1.82) is 0 Å². The van der Waals surface area contributed by atoms with Gasteiger partial charge in [-0.1, -0.05) is 18.2 Å². The number of rotatable bonds is 5. The third-order valence-electron chi connectivity index (χ3n) is 3.62. The third kappa shape index (κ3) is 4.09. The molecule has 1 fully saturated rings. The lowest BCUT2D eigenvalue weighted by Crippen LogP contribution is -2.40.